The Kier molecular flexibility index (Phi) is 6.08. The van der Waals surface area contributed by atoms with E-state index >= 15 is 0 Å². The summed E-state index contributed by atoms with van der Waals surface area (Å²) in [5.41, 5.74) is 1.77. The summed E-state index contributed by atoms with van der Waals surface area (Å²) in [4.78, 5) is 13.0. The molecule has 1 amide bonds. The molecular weight excluding hydrogens is 234 g/mol. The number of carbonyl (C=O) groups excluding carboxylic acids is 1. The lowest BCUT2D eigenvalue weighted by Gasteiger charge is -2.08. The quantitative estimate of drug-likeness (QED) is 0.625. The SMILES string of the molecule is COCCCNC(=O)c1cc(SC)ccc1C. The lowest BCUT2D eigenvalue weighted by Crippen LogP contribution is -2.25. The molecule has 1 aromatic rings. The monoisotopic (exact) mass is 253 g/mol. The van der Waals surface area contributed by atoms with Crippen LogP contribution in [-0.4, -0.2) is 32.4 Å². The average molecular weight is 253 g/mol. The highest BCUT2D eigenvalue weighted by Crippen LogP contribution is 2.18. The van der Waals surface area contributed by atoms with Crippen molar-refractivity contribution in [2.24, 2.45) is 0 Å². The van der Waals surface area contributed by atoms with Crippen LogP contribution in [0.1, 0.15) is 22.3 Å². The van der Waals surface area contributed by atoms with Crippen LogP contribution in [0.2, 0.25) is 0 Å². The third kappa shape index (κ3) is 4.40. The minimum Gasteiger partial charge on any atom is -0.385 e. The van der Waals surface area contributed by atoms with Crippen LogP contribution in [0.25, 0.3) is 0 Å². The van der Waals surface area contributed by atoms with Crippen LogP contribution in [-0.2, 0) is 4.74 Å². The first-order valence-corrected chi connectivity index (χ1v) is 6.83. The Morgan fingerprint density at radius 3 is 2.88 bits per heavy atom. The van der Waals surface area contributed by atoms with Gasteiger partial charge in [-0.05, 0) is 37.3 Å². The number of rotatable bonds is 6. The van der Waals surface area contributed by atoms with Crippen LogP contribution >= 0.6 is 11.8 Å². The Labute approximate surface area is 107 Å². The molecule has 0 aliphatic rings. The molecule has 0 heterocycles. The first-order chi connectivity index (χ1) is 8.19. The fraction of sp³-hybridized carbons (Fsp3) is 0.462. The molecule has 0 atom stereocenters. The number of hydrogen-bond donors (Lipinski definition) is 1. The summed E-state index contributed by atoms with van der Waals surface area (Å²) in [5.74, 6) is -0.00509. The maximum Gasteiger partial charge on any atom is 0.251 e. The van der Waals surface area contributed by atoms with Gasteiger partial charge >= 0.3 is 0 Å². The van der Waals surface area contributed by atoms with Gasteiger partial charge in [0.2, 0.25) is 0 Å². The van der Waals surface area contributed by atoms with Crippen molar-refractivity contribution in [1.29, 1.82) is 0 Å². The van der Waals surface area contributed by atoms with Gasteiger partial charge in [-0.3, -0.25) is 4.79 Å². The van der Waals surface area contributed by atoms with Gasteiger partial charge in [-0.15, -0.1) is 11.8 Å². The van der Waals surface area contributed by atoms with Crippen molar-refractivity contribution < 1.29 is 9.53 Å². The van der Waals surface area contributed by atoms with E-state index < -0.39 is 0 Å². The van der Waals surface area contributed by atoms with Crippen LogP contribution in [0.15, 0.2) is 23.1 Å². The molecule has 0 aromatic heterocycles. The highest BCUT2D eigenvalue weighted by molar-refractivity contribution is 7.98. The smallest absolute Gasteiger partial charge is 0.251 e. The van der Waals surface area contributed by atoms with Gasteiger partial charge in [0.25, 0.3) is 5.91 Å². The van der Waals surface area contributed by atoms with Crippen molar-refractivity contribution >= 4 is 17.7 Å². The van der Waals surface area contributed by atoms with Crippen LogP contribution in [0.3, 0.4) is 0 Å². The summed E-state index contributed by atoms with van der Waals surface area (Å²) in [6, 6.07) is 5.95. The zero-order chi connectivity index (χ0) is 12.7. The van der Waals surface area contributed by atoms with Crippen LogP contribution in [0.4, 0.5) is 0 Å². The van der Waals surface area contributed by atoms with Gasteiger partial charge in [-0.1, -0.05) is 6.07 Å². The number of methoxy groups -OCH3 is 1. The summed E-state index contributed by atoms with van der Waals surface area (Å²) in [6.45, 7) is 3.27. The molecule has 0 spiro atoms. The van der Waals surface area contributed by atoms with Crippen LogP contribution < -0.4 is 5.32 Å². The molecule has 0 unspecified atom stereocenters. The molecular formula is C13H19NO2S. The number of ether oxygens (including phenoxy) is 1. The normalized spacial score (nSPS) is 10.3. The molecule has 94 valence electrons. The largest absolute Gasteiger partial charge is 0.385 e. The van der Waals surface area contributed by atoms with E-state index in [2.05, 4.69) is 5.32 Å². The molecule has 0 aliphatic heterocycles. The first-order valence-electron chi connectivity index (χ1n) is 5.61. The summed E-state index contributed by atoms with van der Waals surface area (Å²) in [6.07, 6.45) is 2.84. The Morgan fingerprint density at radius 1 is 1.47 bits per heavy atom. The van der Waals surface area contributed by atoms with Gasteiger partial charge in [0.15, 0.2) is 0 Å². The van der Waals surface area contributed by atoms with E-state index in [-0.39, 0.29) is 5.91 Å². The Hall–Kier alpha value is -1.00. The molecule has 17 heavy (non-hydrogen) atoms. The predicted molar refractivity (Wildman–Crippen MR) is 71.8 cm³/mol. The number of aryl methyl sites for hydroxylation is 1. The van der Waals surface area contributed by atoms with E-state index in [4.69, 9.17) is 4.74 Å². The Balaban J connectivity index is 2.61. The number of benzene rings is 1. The van der Waals surface area contributed by atoms with Crippen LogP contribution in [0.5, 0.6) is 0 Å². The van der Waals surface area contributed by atoms with E-state index in [0.717, 1.165) is 22.4 Å². The summed E-state index contributed by atoms with van der Waals surface area (Å²) in [5, 5.41) is 2.90. The minimum atomic E-state index is -0.00509. The third-order valence-electron chi connectivity index (χ3n) is 2.50. The maximum atomic E-state index is 11.9. The molecule has 0 aliphatic carbocycles. The van der Waals surface area contributed by atoms with E-state index in [1.807, 2.05) is 31.4 Å². The second-order valence-corrected chi connectivity index (χ2v) is 4.66. The fourth-order valence-electron chi connectivity index (χ4n) is 1.49. The van der Waals surface area contributed by atoms with Crippen molar-refractivity contribution in [3.05, 3.63) is 29.3 Å². The molecule has 1 N–H and O–H groups in total. The van der Waals surface area contributed by atoms with Crippen LogP contribution in [0, 0.1) is 6.92 Å². The summed E-state index contributed by atoms with van der Waals surface area (Å²) in [7, 11) is 1.66. The topological polar surface area (TPSA) is 38.3 Å². The highest BCUT2D eigenvalue weighted by Gasteiger charge is 2.08. The third-order valence-corrected chi connectivity index (χ3v) is 3.23. The molecule has 0 saturated heterocycles. The summed E-state index contributed by atoms with van der Waals surface area (Å²) >= 11 is 1.64. The maximum absolute atomic E-state index is 11.9. The van der Waals surface area contributed by atoms with E-state index in [1.165, 1.54) is 0 Å². The molecule has 4 heteroatoms. The number of hydrogen-bond acceptors (Lipinski definition) is 3. The number of amides is 1. The molecule has 0 saturated carbocycles. The fourth-order valence-corrected chi connectivity index (χ4v) is 1.93. The lowest BCUT2D eigenvalue weighted by molar-refractivity contribution is 0.0948. The minimum absolute atomic E-state index is 0.00509. The lowest BCUT2D eigenvalue weighted by atomic mass is 10.1. The average Bonchev–Trinajstić information content (AvgIpc) is 2.35. The predicted octanol–water partition coefficient (Wildman–Crippen LogP) is 2.48. The molecule has 0 bridgehead atoms. The van der Waals surface area contributed by atoms with Gasteiger partial charge in [-0.2, -0.15) is 0 Å². The van der Waals surface area contributed by atoms with Crippen molar-refractivity contribution in [3.8, 4) is 0 Å². The Bertz CT molecular complexity index is 380. The van der Waals surface area contributed by atoms with Crippen molar-refractivity contribution in [3.63, 3.8) is 0 Å². The van der Waals surface area contributed by atoms with Gasteiger partial charge < -0.3 is 10.1 Å². The van der Waals surface area contributed by atoms with Gasteiger partial charge in [0.1, 0.15) is 0 Å². The summed E-state index contributed by atoms with van der Waals surface area (Å²) < 4.78 is 4.93. The van der Waals surface area contributed by atoms with E-state index in [9.17, 15) is 4.79 Å². The van der Waals surface area contributed by atoms with Gasteiger partial charge in [0.05, 0.1) is 0 Å². The molecule has 1 aromatic carbocycles. The molecule has 3 nitrogen and oxygen atoms in total. The zero-order valence-electron chi connectivity index (χ0n) is 10.6. The highest BCUT2D eigenvalue weighted by atomic mass is 32.2. The number of thioether (sulfide) groups is 1. The number of nitrogens with one attached hydrogen (secondary N) is 1. The Morgan fingerprint density at radius 2 is 2.24 bits per heavy atom. The van der Waals surface area contributed by atoms with Gasteiger partial charge in [-0.25, -0.2) is 0 Å². The number of carbonyl (C=O) groups is 1. The van der Waals surface area contributed by atoms with Crippen molar-refractivity contribution in [1.82, 2.24) is 5.32 Å². The second-order valence-electron chi connectivity index (χ2n) is 3.78. The standard InChI is InChI=1S/C13H19NO2S/c1-10-5-6-11(17-3)9-12(10)13(15)14-7-4-8-16-2/h5-6,9H,4,7-8H2,1-3H3,(H,14,15). The molecule has 0 fully saturated rings. The van der Waals surface area contributed by atoms with E-state index in [1.54, 1.807) is 18.9 Å². The molecule has 1 rings (SSSR count). The van der Waals surface area contributed by atoms with Crippen molar-refractivity contribution in [2.75, 3.05) is 26.5 Å². The first kappa shape index (κ1) is 14.1. The van der Waals surface area contributed by atoms with Crippen molar-refractivity contribution in [2.45, 2.75) is 18.2 Å². The second kappa shape index (κ2) is 7.35. The van der Waals surface area contributed by atoms with E-state index in [0.29, 0.717) is 13.2 Å². The zero-order valence-corrected chi connectivity index (χ0v) is 11.4. The molecule has 0 radical (unpaired) electrons. The van der Waals surface area contributed by atoms with Gasteiger partial charge in [0, 0.05) is 30.7 Å².